The maximum absolute atomic E-state index is 13.0. The lowest BCUT2D eigenvalue weighted by Crippen LogP contribution is -2.51. The fourth-order valence-electron chi connectivity index (χ4n) is 3.81. The number of alkyl halides is 6. The summed E-state index contributed by atoms with van der Waals surface area (Å²) >= 11 is 0. The van der Waals surface area contributed by atoms with E-state index in [9.17, 15) is 36.2 Å². The summed E-state index contributed by atoms with van der Waals surface area (Å²) in [6.45, 7) is 1.10. The first kappa shape index (κ1) is 21.7. The number of carbonyl (C=O) groups excluding carboxylic acids is 1. The number of carbonyl (C=O) groups is 1. The predicted octanol–water partition coefficient (Wildman–Crippen LogP) is 4.00. The van der Waals surface area contributed by atoms with Gasteiger partial charge in [-0.05, 0) is 45.1 Å². The summed E-state index contributed by atoms with van der Waals surface area (Å²) in [4.78, 5) is 18.1. The lowest BCUT2D eigenvalue weighted by Gasteiger charge is -2.41. The summed E-state index contributed by atoms with van der Waals surface area (Å²) in [5.74, 6) is -0.617. The number of anilines is 1. The van der Waals surface area contributed by atoms with Crippen molar-refractivity contribution < 1.29 is 41.0 Å². The molecular weight excluding hydrogens is 406 g/mol. The smallest absolute Gasteiger partial charge is 0.425 e. The molecule has 1 aliphatic carbocycles. The second-order valence-electron chi connectivity index (χ2n) is 7.67. The second kappa shape index (κ2) is 7.03. The molecule has 162 valence electrons. The fraction of sp³-hybridized carbons (Fsp3) is 0.667. The van der Waals surface area contributed by atoms with Gasteiger partial charge >= 0.3 is 12.4 Å². The van der Waals surface area contributed by atoms with Crippen LogP contribution < -0.4 is 9.64 Å². The first-order valence-corrected chi connectivity index (χ1v) is 9.08. The molecule has 1 aromatic rings. The number of pyridine rings is 1. The summed E-state index contributed by atoms with van der Waals surface area (Å²) in [5.41, 5.74) is -3.42. The average molecular weight is 426 g/mol. The molecule has 11 heteroatoms. The van der Waals surface area contributed by atoms with Crippen LogP contribution in [0.2, 0.25) is 0 Å². The van der Waals surface area contributed by atoms with Gasteiger partial charge in [-0.25, -0.2) is 4.98 Å². The third-order valence-electron chi connectivity index (χ3n) is 5.87. The monoisotopic (exact) mass is 426 g/mol. The third-order valence-corrected chi connectivity index (χ3v) is 5.87. The van der Waals surface area contributed by atoms with E-state index in [1.54, 1.807) is 0 Å². The Labute approximate surface area is 162 Å². The van der Waals surface area contributed by atoms with Crippen molar-refractivity contribution in [1.82, 2.24) is 4.98 Å². The Kier molecular flexibility index (Phi) is 5.25. The van der Waals surface area contributed by atoms with Crippen molar-refractivity contribution in [2.24, 2.45) is 5.41 Å². The molecule has 1 aliphatic heterocycles. The van der Waals surface area contributed by atoms with Gasteiger partial charge in [0, 0.05) is 12.6 Å². The summed E-state index contributed by atoms with van der Waals surface area (Å²) < 4.78 is 81.4. The van der Waals surface area contributed by atoms with Gasteiger partial charge in [0.25, 0.3) is 0 Å². The van der Waals surface area contributed by atoms with Gasteiger partial charge in [-0.2, -0.15) is 26.3 Å². The van der Waals surface area contributed by atoms with Crippen LogP contribution in [0.3, 0.4) is 0 Å². The number of ether oxygens (including phenoxy) is 1. The van der Waals surface area contributed by atoms with E-state index in [1.165, 1.54) is 23.2 Å². The van der Waals surface area contributed by atoms with Crippen molar-refractivity contribution >= 4 is 11.6 Å². The van der Waals surface area contributed by atoms with Crippen LogP contribution in [0, 0.1) is 5.41 Å². The molecule has 1 aromatic heterocycles. The van der Waals surface area contributed by atoms with E-state index in [0.29, 0.717) is 12.1 Å². The average Bonchev–Trinajstić information content (AvgIpc) is 2.93. The van der Waals surface area contributed by atoms with Gasteiger partial charge in [-0.1, -0.05) is 0 Å². The van der Waals surface area contributed by atoms with Crippen molar-refractivity contribution in [3.8, 4) is 5.88 Å². The van der Waals surface area contributed by atoms with E-state index >= 15 is 0 Å². The fourth-order valence-corrected chi connectivity index (χ4v) is 3.81. The molecular formula is C18H20F6N2O3. The van der Waals surface area contributed by atoms with E-state index in [2.05, 4.69) is 4.98 Å². The summed E-state index contributed by atoms with van der Waals surface area (Å²) in [5, 5.41) is 9.83. The first-order chi connectivity index (χ1) is 13.3. The highest BCUT2D eigenvalue weighted by atomic mass is 19.4. The molecule has 0 bridgehead atoms. The molecule has 1 saturated heterocycles. The number of halogens is 6. The van der Waals surface area contributed by atoms with Gasteiger partial charge < -0.3 is 14.7 Å². The van der Waals surface area contributed by atoms with E-state index in [1.807, 2.05) is 0 Å². The number of hydrogen-bond donors (Lipinski definition) is 1. The number of aliphatic hydroxyl groups is 1. The minimum atomic E-state index is -4.75. The van der Waals surface area contributed by atoms with Crippen LogP contribution in [0.4, 0.5) is 32.0 Å². The molecule has 1 amide bonds. The Morgan fingerprint density at radius 2 is 1.72 bits per heavy atom. The van der Waals surface area contributed by atoms with Crippen LogP contribution >= 0.6 is 0 Å². The summed E-state index contributed by atoms with van der Waals surface area (Å²) in [6.07, 6.45) is -11.1. The molecule has 1 spiro atoms. The Morgan fingerprint density at radius 1 is 1.10 bits per heavy atom. The van der Waals surface area contributed by atoms with E-state index in [0.717, 1.165) is 6.92 Å². The van der Waals surface area contributed by atoms with Crippen LogP contribution in [0.25, 0.3) is 0 Å². The molecule has 0 unspecified atom stereocenters. The Bertz CT molecular complexity index is 754. The van der Waals surface area contributed by atoms with Crippen molar-refractivity contribution in [1.29, 1.82) is 0 Å². The van der Waals surface area contributed by atoms with E-state index in [4.69, 9.17) is 4.74 Å². The van der Waals surface area contributed by atoms with Crippen molar-refractivity contribution in [2.75, 3.05) is 11.4 Å². The van der Waals surface area contributed by atoms with Crippen LogP contribution in [-0.4, -0.2) is 46.6 Å². The normalized spacial score (nSPS) is 29.4. The maximum Gasteiger partial charge on any atom is 0.425 e. The molecule has 5 nitrogen and oxygen atoms in total. The predicted molar refractivity (Wildman–Crippen MR) is 89.3 cm³/mol. The molecule has 0 aromatic carbocycles. The largest absolute Gasteiger partial charge is 0.465 e. The molecule has 29 heavy (non-hydrogen) atoms. The number of amides is 1. The Morgan fingerprint density at radius 3 is 2.21 bits per heavy atom. The van der Waals surface area contributed by atoms with E-state index < -0.39 is 42.3 Å². The first-order valence-electron chi connectivity index (χ1n) is 9.08. The summed E-state index contributed by atoms with van der Waals surface area (Å²) in [7, 11) is 0. The third kappa shape index (κ3) is 4.01. The Hall–Kier alpha value is -2.04. The van der Waals surface area contributed by atoms with Gasteiger partial charge in [0.2, 0.25) is 11.8 Å². The summed E-state index contributed by atoms with van der Waals surface area (Å²) in [6, 6.07) is 2.59. The zero-order chi connectivity index (χ0) is 21.7. The molecule has 1 N–H and O–H groups in total. The number of aromatic nitrogens is 1. The van der Waals surface area contributed by atoms with Gasteiger partial charge in [0.15, 0.2) is 11.7 Å². The number of rotatable bonds is 3. The molecule has 2 aliphatic rings. The quantitative estimate of drug-likeness (QED) is 0.743. The highest BCUT2D eigenvalue weighted by molar-refractivity contribution is 5.99. The minimum Gasteiger partial charge on any atom is -0.465 e. The number of hydrogen-bond acceptors (Lipinski definition) is 4. The molecule has 2 heterocycles. The maximum atomic E-state index is 13.0. The second-order valence-corrected chi connectivity index (χ2v) is 7.67. The number of nitrogens with zero attached hydrogens (tertiary/aromatic N) is 2. The van der Waals surface area contributed by atoms with Crippen molar-refractivity contribution in [2.45, 2.75) is 63.1 Å². The highest BCUT2D eigenvalue weighted by Crippen LogP contribution is 2.52. The van der Waals surface area contributed by atoms with Gasteiger partial charge in [-0.15, -0.1) is 0 Å². The molecule has 1 saturated carbocycles. The Balaban J connectivity index is 1.68. The van der Waals surface area contributed by atoms with Gasteiger partial charge in [-0.3, -0.25) is 4.79 Å². The lowest BCUT2D eigenvalue weighted by molar-refractivity contribution is -0.274. The molecule has 1 atom stereocenters. The van der Waals surface area contributed by atoms with Gasteiger partial charge in [0.1, 0.15) is 0 Å². The SMILES string of the molecule is C[C@@H](Oc1ccc(N2CCC3(CCC(O)(C(F)(F)F)CC3)C2=O)cn1)C(F)(F)F. The van der Waals surface area contributed by atoms with Crippen LogP contribution in [0.5, 0.6) is 5.88 Å². The lowest BCUT2D eigenvalue weighted by atomic mass is 9.67. The zero-order valence-corrected chi connectivity index (χ0v) is 15.5. The zero-order valence-electron chi connectivity index (χ0n) is 15.5. The van der Waals surface area contributed by atoms with Crippen LogP contribution in [0.15, 0.2) is 18.3 Å². The standard InChI is InChI=1S/C18H20F6N2O3/c1-11(17(19,20)21)29-13-3-2-12(10-25-13)26-9-8-15(14(26)27)4-6-16(28,7-5-15)18(22,23)24/h2-3,10-11,28H,4-9H2,1H3/t11-,15?,16?/m1/s1. The molecule has 3 rings (SSSR count). The minimum absolute atomic E-state index is 0.0872. The topological polar surface area (TPSA) is 62.7 Å². The van der Waals surface area contributed by atoms with Gasteiger partial charge in [0.05, 0.1) is 17.3 Å². The molecule has 0 radical (unpaired) electrons. The van der Waals surface area contributed by atoms with Crippen molar-refractivity contribution in [3.05, 3.63) is 18.3 Å². The van der Waals surface area contributed by atoms with E-state index in [-0.39, 0.29) is 31.2 Å². The van der Waals surface area contributed by atoms with Crippen LogP contribution in [-0.2, 0) is 4.79 Å². The molecule has 2 fully saturated rings. The van der Waals surface area contributed by atoms with Crippen LogP contribution in [0.1, 0.15) is 39.0 Å². The highest BCUT2D eigenvalue weighted by Gasteiger charge is 2.60. The van der Waals surface area contributed by atoms with Crippen molar-refractivity contribution in [3.63, 3.8) is 0 Å².